The van der Waals surface area contributed by atoms with Crippen molar-refractivity contribution < 1.29 is 19.2 Å². The molecule has 2 aromatic rings. The van der Waals surface area contributed by atoms with Crippen LogP contribution in [0, 0.1) is 10.1 Å². The Kier molecular flexibility index (Phi) is 6.54. The predicted molar refractivity (Wildman–Crippen MR) is 96.4 cm³/mol. The second kappa shape index (κ2) is 8.64. The molecule has 2 rings (SSSR count). The third-order valence-corrected chi connectivity index (χ3v) is 4.04. The van der Waals surface area contributed by atoms with E-state index in [-0.39, 0.29) is 10.6 Å². The quantitative estimate of drug-likeness (QED) is 0.452. The number of carbonyl (C=O) groups is 2. The van der Waals surface area contributed by atoms with Crippen molar-refractivity contribution in [2.75, 3.05) is 6.61 Å². The Morgan fingerprint density at radius 3 is 2.58 bits per heavy atom. The molecule has 0 aliphatic heterocycles. The summed E-state index contributed by atoms with van der Waals surface area (Å²) in [6.07, 6.45) is 0. The van der Waals surface area contributed by atoms with Crippen LogP contribution in [0.15, 0.2) is 42.5 Å². The van der Waals surface area contributed by atoms with E-state index in [1.165, 1.54) is 12.1 Å². The van der Waals surface area contributed by atoms with Gasteiger partial charge in [0.15, 0.2) is 6.61 Å². The van der Waals surface area contributed by atoms with Crippen molar-refractivity contribution in [3.05, 3.63) is 73.8 Å². The largest absolute Gasteiger partial charge is 0.452 e. The van der Waals surface area contributed by atoms with Gasteiger partial charge in [-0.3, -0.25) is 14.9 Å². The highest BCUT2D eigenvalue weighted by Gasteiger charge is 2.23. The summed E-state index contributed by atoms with van der Waals surface area (Å²) in [6.45, 7) is 1.14. The molecule has 1 atom stereocenters. The van der Waals surface area contributed by atoms with Gasteiger partial charge in [-0.15, -0.1) is 0 Å². The number of amides is 1. The van der Waals surface area contributed by atoms with Crippen molar-refractivity contribution in [2.24, 2.45) is 0 Å². The van der Waals surface area contributed by atoms with Gasteiger partial charge in [0.1, 0.15) is 5.56 Å². The minimum atomic E-state index is -0.992. The van der Waals surface area contributed by atoms with E-state index in [4.69, 9.17) is 27.9 Å². The van der Waals surface area contributed by atoms with Gasteiger partial charge in [0, 0.05) is 16.1 Å². The molecule has 136 valence electrons. The second-order valence-electron chi connectivity index (χ2n) is 5.31. The van der Waals surface area contributed by atoms with Crippen molar-refractivity contribution in [1.82, 2.24) is 5.32 Å². The lowest BCUT2D eigenvalue weighted by Gasteiger charge is -2.15. The summed E-state index contributed by atoms with van der Waals surface area (Å²) in [5, 5.41) is 14.2. The van der Waals surface area contributed by atoms with E-state index in [2.05, 4.69) is 5.32 Å². The zero-order chi connectivity index (χ0) is 19.3. The van der Waals surface area contributed by atoms with Gasteiger partial charge >= 0.3 is 5.97 Å². The molecule has 9 heteroatoms. The van der Waals surface area contributed by atoms with Crippen LogP contribution >= 0.6 is 23.2 Å². The van der Waals surface area contributed by atoms with Gasteiger partial charge in [-0.05, 0) is 30.7 Å². The van der Waals surface area contributed by atoms with E-state index in [0.717, 1.165) is 6.07 Å². The lowest BCUT2D eigenvalue weighted by molar-refractivity contribution is -0.385. The third-order valence-electron chi connectivity index (χ3n) is 3.46. The zero-order valence-corrected chi connectivity index (χ0v) is 15.1. The van der Waals surface area contributed by atoms with E-state index in [1.807, 2.05) is 0 Å². The number of nitro groups is 1. The molecule has 1 amide bonds. The Labute approximate surface area is 159 Å². The maximum absolute atomic E-state index is 12.0. The fraction of sp³-hybridized carbons (Fsp3) is 0.176. The smallest absolute Gasteiger partial charge is 0.345 e. The molecule has 1 N–H and O–H groups in total. The SMILES string of the molecule is C[C@@H](NC(=O)COC(=O)c1ccc(Cl)cc1[N+](=O)[O-])c1ccccc1Cl. The highest BCUT2D eigenvalue weighted by Crippen LogP contribution is 2.24. The number of nitrogens with one attached hydrogen (secondary N) is 1. The van der Waals surface area contributed by atoms with Crippen LogP contribution in [0.4, 0.5) is 5.69 Å². The fourth-order valence-electron chi connectivity index (χ4n) is 2.22. The van der Waals surface area contributed by atoms with E-state index in [0.29, 0.717) is 10.6 Å². The van der Waals surface area contributed by atoms with Gasteiger partial charge in [-0.1, -0.05) is 41.4 Å². The van der Waals surface area contributed by atoms with Crippen LogP contribution in [0.25, 0.3) is 0 Å². The topological polar surface area (TPSA) is 98.5 Å². The highest BCUT2D eigenvalue weighted by atomic mass is 35.5. The summed E-state index contributed by atoms with van der Waals surface area (Å²) < 4.78 is 4.86. The molecule has 0 aliphatic carbocycles. The first-order valence-electron chi connectivity index (χ1n) is 7.44. The second-order valence-corrected chi connectivity index (χ2v) is 6.15. The van der Waals surface area contributed by atoms with Crippen molar-refractivity contribution in [1.29, 1.82) is 0 Å². The maximum Gasteiger partial charge on any atom is 0.345 e. The summed E-state index contributed by atoms with van der Waals surface area (Å²) in [4.78, 5) is 34.2. The summed E-state index contributed by atoms with van der Waals surface area (Å²) in [5.74, 6) is -1.56. The number of ether oxygens (including phenoxy) is 1. The molecule has 0 bridgehead atoms. The Bertz CT molecular complexity index is 857. The number of carbonyl (C=O) groups excluding carboxylic acids is 2. The molecule has 0 aliphatic rings. The van der Waals surface area contributed by atoms with E-state index in [1.54, 1.807) is 31.2 Å². The summed E-state index contributed by atoms with van der Waals surface area (Å²) in [5.41, 5.74) is -0.0686. The van der Waals surface area contributed by atoms with Crippen LogP contribution in [0.3, 0.4) is 0 Å². The minimum Gasteiger partial charge on any atom is -0.452 e. The van der Waals surface area contributed by atoms with Gasteiger partial charge in [-0.25, -0.2) is 4.79 Å². The molecule has 0 unspecified atom stereocenters. The van der Waals surface area contributed by atoms with Gasteiger partial charge < -0.3 is 10.1 Å². The highest BCUT2D eigenvalue weighted by molar-refractivity contribution is 6.31. The fourth-order valence-corrected chi connectivity index (χ4v) is 2.69. The number of rotatable bonds is 6. The van der Waals surface area contributed by atoms with Gasteiger partial charge in [0.05, 0.1) is 11.0 Å². The van der Waals surface area contributed by atoms with Crippen LogP contribution in [-0.4, -0.2) is 23.4 Å². The number of nitro benzene ring substituents is 1. The molecule has 2 aromatic carbocycles. The summed E-state index contributed by atoms with van der Waals surface area (Å²) in [6, 6.07) is 10.1. The first kappa shape index (κ1) is 19.7. The monoisotopic (exact) mass is 396 g/mol. The van der Waals surface area contributed by atoms with Gasteiger partial charge in [-0.2, -0.15) is 0 Å². The zero-order valence-electron chi connectivity index (χ0n) is 13.6. The predicted octanol–water partition coefficient (Wildman–Crippen LogP) is 3.94. The van der Waals surface area contributed by atoms with Crippen LogP contribution in [-0.2, 0) is 9.53 Å². The van der Waals surface area contributed by atoms with Crippen LogP contribution < -0.4 is 5.32 Å². The van der Waals surface area contributed by atoms with E-state index in [9.17, 15) is 19.7 Å². The molecule has 0 spiro atoms. The molecule has 0 saturated carbocycles. The number of nitrogens with zero attached hydrogens (tertiary/aromatic N) is 1. The van der Waals surface area contributed by atoms with Crippen molar-refractivity contribution in [3.8, 4) is 0 Å². The van der Waals surface area contributed by atoms with Crippen molar-refractivity contribution >= 4 is 40.8 Å². The normalized spacial score (nSPS) is 11.5. The first-order chi connectivity index (χ1) is 12.3. The van der Waals surface area contributed by atoms with E-state index < -0.39 is 35.1 Å². The number of halogens is 2. The molecule has 0 radical (unpaired) electrons. The van der Waals surface area contributed by atoms with Crippen molar-refractivity contribution in [2.45, 2.75) is 13.0 Å². The summed E-state index contributed by atoms with van der Waals surface area (Å²) in [7, 11) is 0. The molecule has 26 heavy (non-hydrogen) atoms. The molecular weight excluding hydrogens is 383 g/mol. The number of hydrogen-bond acceptors (Lipinski definition) is 5. The molecule has 7 nitrogen and oxygen atoms in total. The van der Waals surface area contributed by atoms with Gasteiger partial charge in [0.2, 0.25) is 0 Å². The third kappa shape index (κ3) is 4.93. The minimum absolute atomic E-state index is 0.111. The number of esters is 1. The molecule has 0 saturated heterocycles. The average Bonchev–Trinajstić information content (AvgIpc) is 2.59. The van der Waals surface area contributed by atoms with Gasteiger partial charge in [0.25, 0.3) is 11.6 Å². The molecular formula is C17H14Cl2N2O5. The lowest BCUT2D eigenvalue weighted by atomic mass is 10.1. The Hall–Kier alpha value is -2.64. The van der Waals surface area contributed by atoms with Crippen LogP contribution in [0.1, 0.15) is 28.9 Å². The average molecular weight is 397 g/mol. The van der Waals surface area contributed by atoms with E-state index >= 15 is 0 Å². The van der Waals surface area contributed by atoms with Crippen molar-refractivity contribution in [3.63, 3.8) is 0 Å². The molecule has 0 heterocycles. The molecule has 0 aromatic heterocycles. The Morgan fingerprint density at radius 2 is 1.92 bits per heavy atom. The molecule has 0 fully saturated rings. The maximum atomic E-state index is 12.0. The first-order valence-corrected chi connectivity index (χ1v) is 8.20. The Balaban J connectivity index is 1.98. The van der Waals surface area contributed by atoms with Crippen LogP contribution in [0.2, 0.25) is 10.0 Å². The standard InChI is InChI=1S/C17H14Cl2N2O5/c1-10(12-4-2-3-5-14(12)19)20-16(22)9-26-17(23)13-7-6-11(18)8-15(13)21(24)25/h2-8,10H,9H2,1H3,(H,20,22)/t10-/m1/s1. The number of hydrogen-bond donors (Lipinski definition) is 1. The number of benzene rings is 2. The Morgan fingerprint density at radius 1 is 1.23 bits per heavy atom. The summed E-state index contributed by atoms with van der Waals surface area (Å²) >= 11 is 11.7. The van der Waals surface area contributed by atoms with Crippen LogP contribution in [0.5, 0.6) is 0 Å². The lowest BCUT2D eigenvalue weighted by Crippen LogP contribution is -2.31.